The van der Waals surface area contributed by atoms with Crippen LogP contribution in [0.4, 0.5) is 0 Å². The Morgan fingerprint density at radius 1 is 1.31 bits per heavy atom. The van der Waals surface area contributed by atoms with Crippen LogP contribution in [0.15, 0.2) is 18.2 Å². The lowest BCUT2D eigenvalue weighted by atomic mass is 9.87. The van der Waals surface area contributed by atoms with Crippen LogP contribution >= 0.6 is 0 Å². The Bertz CT molecular complexity index is 386. The highest BCUT2D eigenvalue weighted by atomic mass is 16.5. The van der Waals surface area contributed by atoms with Crippen LogP contribution in [0.1, 0.15) is 43.1 Å². The third-order valence-electron chi connectivity index (χ3n) is 2.35. The summed E-state index contributed by atoms with van der Waals surface area (Å²) >= 11 is 0. The quantitative estimate of drug-likeness (QED) is 0.727. The number of ketones is 1. The molecule has 0 radical (unpaired) electrons. The fraction of sp³-hybridized carbons (Fsp3) is 0.500. The lowest BCUT2D eigenvalue weighted by Crippen LogP contribution is -2.13. The summed E-state index contributed by atoms with van der Waals surface area (Å²) in [6.07, 6.45) is 0.534. The normalized spacial score (nSPS) is 11.3. The van der Waals surface area contributed by atoms with Crippen molar-refractivity contribution in [3.63, 3.8) is 0 Å². The Kier molecular flexibility index (Phi) is 3.74. The third kappa shape index (κ3) is 3.37. The fourth-order valence-electron chi connectivity index (χ4n) is 1.61. The number of rotatable bonds is 3. The van der Waals surface area contributed by atoms with E-state index < -0.39 is 0 Å². The van der Waals surface area contributed by atoms with Crippen molar-refractivity contribution in [2.75, 3.05) is 7.11 Å². The predicted octanol–water partition coefficient (Wildman–Crippen LogP) is 3.62. The monoisotopic (exact) mass is 220 g/mol. The van der Waals surface area contributed by atoms with E-state index in [0.717, 1.165) is 5.56 Å². The number of Topliss-reactive ketones (excluding diaryl/α,β-unsaturated/α-hetero) is 1. The van der Waals surface area contributed by atoms with Crippen LogP contribution in [0.5, 0.6) is 5.75 Å². The minimum absolute atomic E-state index is 0.00693. The molecule has 16 heavy (non-hydrogen) atoms. The van der Waals surface area contributed by atoms with E-state index >= 15 is 0 Å². The van der Waals surface area contributed by atoms with E-state index in [2.05, 4.69) is 20.8 Å². The van der Waals surface area contributed by atoms with Crippen molar-refractivity contribution in [3.05, 3.63) is 29.3 Å². The first-order valence-electron chi connectivity index (χ1n) is 5.51. The lowest BCUT2D eigenvalue weighted by Gasteiger charge is -2.17. The predicted molar refractivity (Wildman–Crippen MR) is 66.1 cm³/mol. The molecule has 88 valence electrons. The van der Waals surface area contributed by atoms with Gasteiger partial charge in [0, 0.05) is 6.42 Å². The summed E-state index contributed by atoms with van der Waals surface area (Å²) in [5, 5.41) is 0. The molecule has 0 aliphatic carbocycles. The van der Waals surface area contributed by atoms with Gasteiger partial charge in [-0.2, -0.15) is 0 Å². The van der Waals surface area contributed by atoms with Gasteiger partial charge in [-0.15, -0.1) is 0 Å². The summed E-state index contributed by atoms with van der Waals surface area (Å²) in [4.78, 5) is 12.1. The van der Waals surface area contributed by atoms with Crippen LogP contribution in [0.2, 0.25) is 0 Å². The van der Waals surface area contributed by atoms with E-state index in [9.17, 15) is 4.79 Å². The molecule has 0 amide bonds. The Morgan fingerprint density at radius 3 is 2.44 bits per heavy atom. The van der Waals surface area contributed by atoms with Gasteiger partial charge in [0.15, 0.2) is 5.78 Å². The first-order valence-corrected chi connectivity index (χ1v) is 5.51. The van der Waals surface area contributed by atoms with Gasteiger partial charge in [0.1, 0.15) is 5.75 Å². The van der Waals surface area contributed by atoms with Crippen molar-refractivity contribution < 1.29 is 9.53 Å². The molecule has 0 fully saturated rings. The molecule has 1 rings (SSSR count). The van der Waals surface area contributed by atoms with Crippen LogP contribution in [-0.4, -0.2) is 12.9 Å². The molecule has 0 spiro atoms. The number of ether oxygens (including phenoxy) is 1. The van der Waals surface area contributed by atoms with Crippen molar-refractivity contribution in [2.24, 2.45) is 5.41 Å². The van der Waals surface area contributed by atoms with Crippen LogP contribution in [-0.2, 0) is 0 Å². The number of benzene rings is 1. The van der Waals surface area contributed by atoms with Gasteiger partial charge in [-0.05, 0) is 30.0 Å². The van der Waals surface area contributed by atoms with Crippen LogP contribution < -0.4 is 4.74 Å². The van der Waals surface area contributed by atoms with Crippen molar-refractivity contribution in [1.82, 2.24) is 0 Å². The minimum atomic E-state index is 0.00693. The molecular weight excluding hydrogens is 200 g/mol. The number of methoxy groups -OCH3 is 1. The Labute approximate surface area is 97.6 Å². The largest absolute Gasteiger partial charge is 0.496 e. The highest BCUT2D eigenvalue weighted by Gasteiger charge is 2.19. The number of hydrogen-bond donors (Lipinski definition) is 0. The molecule has 0 bridgehead atoms. The maximum Gasteiger partial charge on any atom is 0.167 e. The molecule has 0 heterocycles. The molecular formula is C14H20O2. The second-order valence-corrected chi connectivity index (χ2v) is 5.36. The second-order valence-electron chi connectivity index (χ2n) is 5.36. The molecule has 0 unspecified atom stereocenters. The molecule has 0 aromatic heterocycles. The van der Waals surface area contributed by atoms with Gasteiger partial charge in [0.25, 0.3) is 0 Å². The zero-order chi connectivity index (χ0) is 12.3. The molecule has 0 N–H and O–H groups in total. The van der Waals surface area contributed by atoms with Crippen LogP contribution in [0, 0.1) is 12.3 Å². The Balaban J connectivity index is 2.99. The Hall–Kier alpha value is -1.31. The summed E-state index contributed by atoms with van der Waals surface area (Å²) in [5.41, 5.74) is 1.79. The average molecular weight is 220 g/mol. The summed E-state index contributed by atoms with van der Waals surface area (Å²) in [5.74, 6) is 0.818. The van der Waals surface area contributed by atoms with Gasteiger partial charge in [-0.1, -0.05) is 26.8 Å². The topological polar surface area (TPSA) is 26.3 Å². The number of carbonyl (C=O) groups excluding carboxylic acids is 1. The molecule has 0 aliphatic rings. The van der Waals surface area contributed by atoms with Gasteiger partial charge in [0.2, 0.25) is 0 Å². The van der Waals surface area contributed by atoms with Gasteiger partial charge >= 0.3 is 0 Å². The first kappa shape index (κ1) is 12.8. The number of aryl methyl sites for hydroxylation is 1. The summed E-state index contributed by atoms with van der Waals surface area (Å²) < 4.78 is 5.24. The summed E-state index contributed by atoms with van der Waals surface area (Å²) in [7, 11) is 1.60. The highest BCUT2D eigenvalue weighted by molar-refractivity contribution is 5.99. The van der Waals surface area contributed by atoms with E-state index in [4.69, 9.17) is 4.74 Å². The van der Waals surface area contributed by atoms with Crippen LogP contribution in [0.25, 0.3) is 0 Å². The zero-order valence-corrected chi connectivity index (χ0v) is 10.8. The zero-order valence-electron chi connectivity index (χ0n) is 10.8. The number of carbonyl (C=O) groups is 1. The van der Waals surface area contributed by atoms with Crippen molar-refractivity contribution in [1.29, 1.82) is 0 Å². The molecule has 0 aliphatic heterocycles. The molecule has 1 aromatic rings. The molecule has 2 heteroatoms. The molecule has 0 saturated carbocycles. The van der Waals surface area contributed by atoms with Gasteiger partial charge in [-0.3, -0.25) is 4.79 Å². The van der Waals surface area contributed by atoms with E-state index in [1.807, 2.05) is 25.1 Å². The van der Waals surface area contributed by atoms with E-state index in [0.29, 0.717) is 17.7 Å². The van der Waals surface area contributed by atoms with E-state index in [1.54, 1.807) is 7.11 Å². The van der Waals surface area contributed by atoms with Gasteiger partial charge in [0.05, 0.1) is 12.7 Å². The highest BCUT2D eigenvalue weighted by Crippen LogP contribution is 2.26. The van der Waals surface area contributed by atoms with Crippen LogP contribution in [0.3, 0.4) is 0 Å². The standard InChI is InChI=1S/C14H20O2/c1-10-6-7-11(13(8-10)16-5)12(15)9-14(2,3)4/h6-8H,9H2,1-5H3. The van der Waals surface area contributed by atoms with Gasteiger partial charge < -0.3 is 4.74 Å². The minimum Gasteiger partial charge on any atom is -0.496 e. The molecule has 0 atom stereocenters. The molecule has 0 saturated heterocycles. The average Bonchev–Trinajstić information content (AvgIpc) is 2.14. The van der Waals surface area contributed by atoms with Gasteiger partial charge in [-0.25, -0.2) is 0 Å². The van der Waals surface area contributed by atoms with Crippen molar-refractivity contribution >= 4 is 5.78 Å². The maximum absolute atomic E-state index is 12.1. The lowest BCUT2D eigenvalue weighted by molar-refractivity contribution is 0.0937. The van der Waals surface area contributed by atoms with E-state index in [-0.39, 0.29) is 11.2 Å². The smallest absolute Gasteiger partial charge is 0.167 e. The summed E-state index contributed by atoms with van der Waals surface area (Å²) in [6, 6.07) is 5.69. The van der Waals surface area contributed by atoms with Crippen molar-refractivity contribution in [3.8, 4) is 5.75 Å². The molecule has 1 aromatic carbocycles. The maximum atomic E-state index is 12.1. The summed E-state index contributed by atoms with van der Waals surface area (Å²) in [6.45, 7) is 8.17. The van der Waals surface area contributed by atoms with Crippen molar-refractivity contribution in [2.45, 2.75) is 34.1 Å². The Morgan fingerprint density at radius 2 is 1.94 bits per heavy atom. The van der Waals surface area contributed by atoms with E-state index in [1.165, 1.54) is 0 Å². The second kappa shape index (κ2) is 4.69. The fourth-order valence-corrected chi connectivity index (χ4v) is 1.61. The third-order valence-corrected chi connectivity index (χ3v) is 2.35. The SMILES string of the molecule is COc1cc(C)ccc1C(=O)CC(C)(C)C. The first-order chi connectivity index (χ1) is 7.33. The number of hydrogen-bond acceptors (Lipinski definition) is 2. The molecule has 2 nitrogen and oxygen atoms in total.